The van der Waals surface area contributed by atoms with E-state index in [9.17, 15) is 14.4 Å². The number of hydrogen-bond acceptors (Lipinski definition) is 3. The van der Waals surface area contributed by atoms with Gasteiger partial charge in [-0.25, -0.2) is 4.79 Å². The van der Waals surface area contributed by atoms with Gasteiger partial charge in [0.25, 0.3) is 0 Å². The van der Waals surface area contributed by atoms with Gasteiger partial charge in [0.2, 0.25) is 11.8 Å². The molecule has 6 nitrogen and oxygen atoms in total. The largest absolute Gasteiger partial charge is 0.478 e. The minimum Gasteiger partial charge on any atom is -0.478 e. The van der Waals surface area contributed by atoms with Crippen LogP contribution in [0.2, 0.25) is 5.02 Å². The molecule has 0 aromatic heterocycles. The number of carboxylic acids is 1. The molecule has 0 spiro atoms. The number of carboxylic acid groups (broad SMARTS) is 1. The molecule has 0 aliphatic heterocycles. The van der Waals surface area contributed by atoms with Gasteiger partial charge in [0.1, 0.15) is 0 Å². The van der Waals surface area contributed by atoms with Crippen LogP contribution < -0.4 is 10.6 Å². The van der Waals surface area contributed by atoms with Crippen LogP contribution in [-0.2, 0) is 14.4 Å². The minimum atomic E-state index is -1.22. The van der Waals surface area contributed by atoms with Crippen LogP contribution in [0.3, 0.4) is 0 Å². The van der Waals surface area contributed by atoms with Crippen LogP contribution >= 0.6 is 11.6 Å². The van der Waals surface area contributed by atoms with Crippen LogP contribution in [0.4, 0.5) is 11.4 Å². The number of nitrogens with one attached hydrogen (secondary N) is 2. The number of aliphatic carboxylic acids is 1. The maximum absolute atomic E-state index is 11.4. The lowest BCUT2D eigenvalue weighted by molar-refractivity contribution is -0.131. The number of carbonyl (C=O) groups is 3. The zero-order chi connectivity index (χ0) is 14.4. The van der Waals surface area contributed by atoms with Gasteiger partial charge in [0.15, 0.2) is 0 Å². The predicted octanol–water partition coefficient (Wildman–Crippen LogP) is 1.88. The molecular weight excluding hydrogens is 272 g/mol. The SMILES string of the molecule is CC(=O)Nc1cc(NC(=O)/C=C\C(=O)O)ccc1Cl. The van der Waals surface area contributed by atoms with Crippen molar-refractivity contribution in [1.82, 2.24) is 0 Å². The lowest BCUT2D eigenvalue weighted by Gasteiger charge is -2.08. The third kappa shape index (κ3) is 5.22. The Bertz CT molecular complexity index is 555. The van der Waals surface area contributed by atoms with Crippen molar-refractivity contribution in [3.05, 3.63) is 35.4 Å². The van der Waals surface area contributed by atoms with E-state index in [1.54, 1.807) is 0 Å². The van der Waals surface area contributed by atoms with Crippen LogP contribution in [0, 0.1) is 0 Å². The molecule has 0 saturated carbocycles. The molecule has 0 aliphatic rings. The van der Waals surface area contributed by atoms with E-state index < -0.39 is 11.9 Å². The van der Waals surface area contributed by atoms with Crippen LogP contribution in [0.25, 0.3) is 0 Å². The molecule has 100 valence electrons. The molecule has 1 aromatic rings. The van der Waals surface area contributed by atoms with E-state index in [2.05, 4.69) is 10.6 Å². The van der Waals surface area contributed by atoms with E-state index in [4.69, 9.17) is 16.7 Å². The summed E-state index contributed by atoms with van der Waals surface area (Å²) in [6.07, 6.45) is 1.61. The van der Waals surface area contributed by atoms with Gasteiger partial charge in [-0.15, -0.1) is 0 Å². The summed E-state index contributed by atoms with van der Waals surface area (Å²) in [4.78, 5) is 32.5. The Labute approximate surface area is 114 Å². The van der Waals surface area contributed by atoms with Gasteiger partial charge >= 0.3 is 5.97 Å². The topological polar surface area (TPSA) is 95.5 Å². The van der Waals surface area contributed by atoms with Gasteiger partial charge in [-0.3, -0.25) is 9.59 Å². The highest BCUT2D eigenvalue weighted by molar-refractivity contribution is 6.33. The molecular formula is C12H11ClN2O4. The Morgan fingerprint density at radius 1 is 1.21 bits per heavy atom. The quantitative estimate of drug-likeness (QED) is 0.735. The summed E-state index contributed by atoms with van der Waals surface area (Å²) in [5, 5.41) is 13.6. The molecule has 0 atom stereocenters. The number of rotatable bonds is 4. The van der Waals surface area contributed by atoms with Crippen molar-refractivity contribution in [3.63, 3.8) is 0 Å². The average Bonchev–Trinajstić information content (AvgIpc) is 2.30. The van der Waals surface area contributed by atoms with Crippen molar-refractivity contribution >= 4 is 40.8 Å². The van der Waals surface area contributed by atoms with Crippen molar-refractivity contribution in [2.75, 3.05) is 10.6 Å². The summed E-state index contributed by atoms with van der Waals surface area (Å²) < 4.78 is 0. The van der Waals surface area contributed by atoms with Crippen molar-refractivity contribution in [2.24, 2.45) is 0 Å². The van der Waals surface area contributed by atoms with Gasteiger partial charge in [0.05, 0.1) is 10.7 Å². The second-order valence-electron chi connectivity index (χ2n) is 3.54. The molecule has 0 unspecified atom stereocenters. The molecule has 0 bridgehead atoms. The van der Waals surface area contributed by atoms with Gasteiger partial charge in [-0.2, -0.15) is 0 Å². The number of halogens is 1. The molecule has 0 saturated heterocycles. The number of benzene rings is 1. The summed E-state index contributed by atoms with van der Waals surface area (Å²) in [7, 11) is 0. The number of carbonyl (C=O) groups excluding carboxylic acids is 2. The summed E-state index contributed by atoms with van der Waals surface area (Å²) in [5.41, 5.74) is 0.738. The first kappa shape index (κ1) is 14.7. The maximum atomic E-state index is 11.4. The number of amides is 2. The van der Waals surface area contributed by atoms with Gasteiger partial charge in [0, 0.05) is 24.8 Å². The Kier molecular flexibility index (Phi) is 5.08. The first-order chi connectivity index (χ1) is 8.88. The molecule has 19 heavy (non-hydrogen) atoms. The monoisotopic (exact) mass is 282 g/mol. The lowest BCUT2D eigenvalue weighted by atomic mass is 10.2. The molecule has 1 aromatic carbocycles. The second-order valence-corrected chi connectivity index (χ2v) is 3.94. The summed E-state index contributed by atoms with van der Waals surface area (Å²) >= 11 is 5.86. The molecule has 2 amide bonds. The zero-order valence-electron chi connectivity index (χ0n) is 9.94. The van der Waals surface area contributed by atoms with Gasteiger partial charge in [-0.1, -0.05) is 11.6 Å². The van der Waals surface area contributed by atoms with E-state index >= 15 is 0 Å². The van der Waals surface area contributed by atoms with Gasteiger partial charge < -0.3 is 15.7 Å². The second kappa shape index (κ2) is 6.55. The smallest absolute Gasteiger partial charge is 0.328 e. The average molecular weight is 283 g/mol. The van der Waals surface area contributed by atoms with E-state index in [0.29, 0.717) is 16.4 Å². The standard InChI is InChI=1S/C12H11ClN2O4/c1-7(16)14-10-6-8(2-3-9(10)13)15-11(17)4-5-12(18)19/h2-6H,1H3,(H,14,16)(H,15,17)(H,18,19)/b5-4-. The highest BCUT2D eigenvalue weighted by atomic mass is 35.5. The maximum Gasteiger partial charge on any atom is 0.328 e. The van der Waals surface area contributed by atoms with Gasteiger partial charge in [-0.05, 0) is 18.2 Å². The fourth-order valence-corrected chi connectivity index (χ4v) is 1.38. The molecule has 0 heterocycles. The summed E-state index contributed by atoms with van der Waals surface area (Å²) in [6.45, 7) is 1.33. The van der Waals surface area contributed by atoms with Crippen molar-refractivity contribution < 1.29 is 19.5 Å². The van der Waals surface area contributed by atoms with Crippen molar-refractivity contribution in [2.45, 2.75) is 6.92 Å². The fraction of sp³-hybridized carbons (Fsp3) is 0.0833. The molecule has 0 aliphatic carbocycles. The Morgan fingerprint density at radius 2 is 1.89 bits per heavy atom. The summed E-state index contributed by atoms with van der Waals surface area (Å²) in [6, 6.07) is 4.50. The Morgan fingerprint density at radius 3 is 2.47 bits per heavy atom. The van der Waals surface area contributed by atoms with E-state index in [1.165, 1.54) is 25.1 Å². The first-order valence-electron chi connectivity index (χ1n) is 5.17. The van der Waals surface area contributed by atoms with E-state index in [1.807, 2.05) is 0 Å². The minimum absolute atomic E-state index is 0.295. The highest BCUT2D eigenvalue weighted by Gasteiger charge is 2.05. The first-order valence-corrected chi connectivity index (χ1v) is 5.55. The molecule has 1 rings (SSSR count). The molecule has 7 heteroatoms. The number of hydrogen-bond donors (Lipinski definition) is 3. The number of anilines is 2. The van der Waals surface area contributed by atoms with Crippen molar-refractivity contribution in [1.29, 1.82) is 0 Å². The third-order valence-electron chi connectivity index (χ3n) is 1.92. The van der Waals surface area contributed by atoms with Crippen LogP contribution in [0.15, 0.2) is 30.4 Å². The Hall–Kier alpha value is -2.34. The van der Waals surface area contributed by atoms with E-state index in [0.717, 1.165) is 12.2 Å². The fourth-order valence-electron chi connectivity index (χ4n) is 1.22. The normalized spacial score (nSPS) is 10.2. The van der Waals surface area contributed by atoms with Crippen LogP contribution in [0.5, 0.6) is 0 Å². The summed E-state index contributed by atoms with van der Waals surface area (Å²) in [5.74, 6) is -2.11. The van der Waals surface area contributed by atoms with E-state index in [-0.39, 0.29) is 5.91 Å². The zero-order valence-corrected chi connectivity index (χ0v) is 10.7. The predicted molar refractivity (Wildman–Crippen MR) is 71.2 cm³/mol. The lowest BCUT2D eigenvalue weighted by Crippen LogP contribution is -2.10. The molecule has 0 radical (unpaired) electrons. The molecule has 3 N–H and O–H groups in total. The van der Waals surface area contributed by atoms with Crippen LogP contribution in [0.1, 0.15) is 6.92 Å². The Balaban J connectivity index is 2.82. The van der Waals surface area contributed by atoms with Crippen molar-refractivity contribution in [3.8, 4) is 0 Å². The molecule has 0 fully saturated rings. The van der Waals surface area contributed by atoms with Crippen LogP contribution in [-0.4, -0.2) is 22.9 Å². The third-order valence-corrected chi connectivity index (χ3v) is 2.25. The highest BCUT2D eigenvalue weighted by Crippen LogP contribution is 2.25.